The Kier molecular flexibility index (Phi) is 1.59. The van der Waals surface area contributed by atoms with Crippen molar-refractivity contribution in [2.24, 2.45) is 0 Å². The largest absolute Gasteiger partial charge is 0.227 e. The smallest absolute Gasteiger partial charge is 0.147 e. The highest BCUT2D eigenvalue weighted by atomic mass is 16.3. The van der Waals surface area contributed by atoms with Crippen molar-refractivity contribution < 1.29 is 4.87 Å². The minimum Gasteiger partial charge on any atom is -0.147 e. The van der Waals surface area contributed by atoms with Crippen molar-refractivity contribution in [2.75, 3.05) is 6.54 Å². The van der Waals surface area contributed by atoms with Crippen molar-refractivity contribution in [3.05, 3.63) is 4.91 Å². The van der Waals surface area contributed by atoms with Gasteiger partial charge in [0.1, 0.15) is 10.4 Å². The molecular weight excluding hydrogens is 140 g/mol. The molecule has 1 N–H and O–H groups in total. The van der Waals surface area contributed by atoms with E-state index in [9.17, 15) is 4.91 Å². The second-order valence-electron chi connectivity index (χ2n) is 3.80. The first-order valence-electron chi connectivity index (χ1n) is 4.53. The number of hydrogen-bond acceptors (Lipinski definition) is 1. The van der Waals surface area contributed by atoms with E-state index in [0.717, 1.165) is 11.3 Å². The van der Waals surface area contributed by atoms with Gasteiger partial charge in [-0.05, 0) is 12.8 Å². The van der Waals surface area contributed by atoms with E-state index >= 15 is 0 Å². The van der Waals surface area contributed by atoms with Gasteiger partial charge in [0.2, 0.25) is 6.54 Å². The molecule has 2 aliphatic rings. The van der Waals surface area contributed by atoms with Gasteiger partial charge in [-0.2, -0.15) is 0 Å². The van der Waals surface area contributed by atoms with Gasteiger partial charge in [-0.3, -0.25) is 0 Å². The summed E-state index contributed by atoms with van der Waals surface area (Å²) in [5.41, 5.74) is 3.26. The average Bonchev–Trinajstić information content (AvgIpc) is 2.34. The molecule has 2 fully saturated rings. The van der Waals surface area contributed by atoms with Gasteiger partial charge in [0.25, 0.3) is 0 Å². The molecule has 11 heavy (non-hydrogen) atoms. The summed E-state index contributed by atoms with van der Waals surface area (Å²) in [6.07, 6.45) is 7.39. The second kappa shape index (κ2) is 2.47. The Balaban J connectivity index is 2.03. The third kappa shape index (κ3) is 1.24. The molecule has 1 aliphatic heterocycles. The lowest BCUT2D eigenvalue weighted by Crippen LogP contribution is -2.43. The number of nitrogens with zero attached hydrogens (tertiary/aromatic N) is 1. The van der Waals surface area contributed by atoms with Crippen LogP contribution in [-0.2, 0) is 0 Å². The molecule has 62 valence electrons. The van der Waals surface area contributed by atoms with Crippen LogP contribution in [0.2, 0.25) is 0 Å². The lowest BCUT2D eigenvalue weighted by molar-refractivity contribution is -0.593. The topological polar surface area (TPSA) is 32.1 Å². The van der Waals surface area contributed by atoms with Crippen LogP contribution in [0.25, 0.3) is 0 Å². The maximum Gasteiger partial charge on any atom is 0.227 e. The third-order valence-corrected chi connectivity index (χ3v) is 2.97. The molecule has 3 nitrogen and oxygen atoms in total. The van der Waals surface area contributed by atoms with E-state index in [2.05, 4.69) is 5.43 Å². The Bertz CT molecular complexity index is 173. The molecule has 0 bridgehead atoms. The van der Waals surface area contributed by atoms with Gasteiger partial charge in [-0.15, -0.1) is 5.43 Å². The van der Waals surface area contributed by atoms with Crippen molar-refractivity contribution in [3.63, 3.8) is 0 Å². The van der Waals surface area contributed by atoms with Gasteiger partial charge in [-0.1, -0.05) is 19.3 Å². The van der Waals surface area contributed by atoms with Crippen LogP contribution in [0.3, 0.4) is 0 Å². The van der Waals surface area contributed by atoms with Crippen molar-refractivity contribution in [2.45, 2.75) is 44.1 Å². The fourth-order valence-electron chi connectivity index (χ4n) is 2.28. The summed E-state index contributed by atoms with van der Waals surface area (Å²) >= 11 is 0. The van der Waals surface area contributed by atoms with Gasteiger partial charge < -0.3 is 0 Å². The molecule has 2 rings (SSSR count). The van der Waals surface area contributed by atoms with Gasteiger partial charge in [-0.25, -0.2) is 0 Å². The van der Waals surface area contributed by atoms with E-state index in [1.165, 1.54) is 32.1 Å². The molecule has 1 saturated heterocycles. The van der Waals surface area contributed by atoms with Crippen molar-refractivity contribution in [1.29, 1.82) is 0 Å². The van der Waals surface area contributed by atoms with Crippen LogP contribution in [0.15, 0.2) is 0 Å². The minimum absolute atomic E-state index is 0.208. The predicted octanol–water partition coefficient (Wildman–Crippen LogP) is 1.38. The summed E-state index contributed by atoms with van der Waals surface area (Å²) in [6, 6.07) is 0. The summed E-state index contributed by atoms with van der Waals surface area (Å²) < 4.78 is 0. The summed E-state index contributed by atoms with van der Waals surface area (Å²) in [7, 11) is 0. The molecule has 1 heterocycles. The van der Waals surface area contributed by atoms with Crippen LogP contribution in [-0.4, -0.2) is 17.0 Å². The summed E-state index contributed by atoms with van der Waals surface area (Å²) in [5, 5.41) is 0. The number of rotatable bonds is 0. The molecule has 0 radical (unpaired) electrons. The number of hydrazine groups is 1. The fraction of sp³-hybridized carbons (Fsp3) is 1.00. The molecular formula is C8H15N2O+. The Labute approximate surface area is 66.7 Å². The Hall–Kier alpha value is -0.600. The van der Waals surface area contributed by atoms with E-state index < -0.39 is 0 Å². The number of hydrogen-bond donors (Lipinski definition) is 1. The zero-order valence-corrected chi connectivity index (χ0v) is 6.81. The third-order valence-electron chi connectivity index (χ3n) is 2.97. The SMILES string of the molecule is O=[N+]1CCC2(CCCCC2)N1. The van der Waals surface area contributed by atoms with E-state index in [4.69, 9.17) is 0 Å². The molecule has 1 spiro atoms. The van der Waals surface area contributed by atoms with Crippen LogP contribution in [0, 0.1) is 4.91 Å². The molecule has 0 aromatic carbocycles. The molecule has 3 heteroatoms. The van der Waals surface area contributed by atoms with Crippen LogP contribution >= 0.6 is 0 Å². The molecule has 1 saturated carbocycles. The van der Waals surface area contributed by atoms with Crippen LogP contribution in [0.5, 0.6) is 0 Å². The van der Waals surface area contributed by atoms with Crippen LogP contribution in [0.4, 0.5) is 0 Å². The van der Waals surface area contributed by atoms with Crippen molar-refractivity contribution >= 4 is 0 Å². The van der Waals surface area contributed by atoms with E-state index in [1.807, 2.05) is 0 Å². The second-order valence-corrected chi connectivity index (χ2v) is 3.80. The summed E-state index contributed by atoms with van der Waals surface area (Å²) in [5.74, 6) is 0. The Morgan fingerprint density at radius 3 is 2.36 bits per heavy atom. The zero-order valence-electron chi connectivity index (χ0n) is 6.81. The molecule has 0 atom stereocenters. The summed E-state index contributed by atoms with van der Waals surface area (Å²) in [6.45, 7) is 0.681. The van der Waals surface area contributed by atoms with E-state index in [0.29, 0.717) is 6.54 Å². The fourth-order valence-corrected chi connectivity index (χ4v) is 2.28. The first-order valence-corrected chi connectivity index (χ1v) is 4.53. The van der Waals surface area contributed by atoms with Crippen LogP contribution in [0.1, 0.15) is 38.5 Å². The van der Waals surface area contributed by atoms with Crippen molar-refractivity contribution in [3.8, 4) is 0 Å². The highest BCUT2D eigenvalue weighted by molar-refractivity contribution is 4.89. The van der Waals surface area contributed by atoms with E-state index in [-0.39, 0.29) is 5.54 Å². The lowest BCUT2D eigenvalue weighted by atomic mass is 9.81. The Morgan fingerprint density at radius 1 is 1.09 bits per heavy atom. The van der Waals surface area contributed by atoms with Gasteiger partial charge in [0.05, 0.1) is 4.91 Å². The van der Waals surface area contributed by atoms with Gasteiger partial charge >= 0.3 is 0 Å². The Morgan fingerprint density at radius 2 is 1.82 bits per heavy atom. The van der Waals surface area contributed by atoms with Gasteiger partial charge in [0.15, 0.2) is 0 Å². The normalized spacial score (nSPS) is 28.9. The maximum absolute atomic E-state index is 10.9. The predicted molar refractivity (Wildman–Crippen MR) is 42.1 cm³/mol. The molecule has 1 aliphatic carbocycles. The minimum atomic E-state index is 0.208. The first-order chi connectivity index (χ1) is 5.31. The molecule has 0 amide bonds. The van der Waals surface area contributed by atoms with Gasteiger partial charge in [0, 0.05) is 6.42 Å². The number of nitrogens with one attached hydrogen (secondary N) is 1. The lowest BCUT2D eigenvalue weighted by Gasteiger charge is -2.28. The first kappa shape index (κ1) is 7.07. The molecule has 0 aromatic rings. The van der Waals surface area contributed by atoms with E-state index in [1.54, 1.807) is 0 Å². The zero-order chi connectivity index (χ0) is 7.73. The molecule has 0 aromatic heterocycles. The highest BCUT2D eigenvalue weighted by Gasteiger charge is 2.43. The standard InChI is InChI=1S/C8H15N2O/c11-10-7-6-8(9-10)4-2-1-3-5-8/h1-7H2,(H,9,11)/q+1. The highest BCUT2D eigenvalue weighted by Crippen LogP contribution is 2.33. The maximum atomic E-state index is 10.9. The van der Waals surface area contributed by atoms with Crippen molar-refractivity contribution in [1.82, 2.24) is 5.43 Å². The quantitative estimate of drug-likeness (QED) is 0.536. The number of nitroso groups, excluding NO2 is 1. The monoisotopic (exact) mass is 155 g/mol. The molecule has 0 unspecified atom stereocenters. The summed E-state index contributed by atoms with van der Waals surface area (Å²) in [4.78, 5) is 11.9. The van der Waals surface area contributed by atoms with Crippen LogP contribution < -0.4 is 5.43 Å². The average molecular weight is 155 g/mol.